The van der Waals surface area contributed by atoms with Gasteiger partial charge in [-0.25, -0.2) is 0 Å². The minimum absolute atomic E-state index is 0. The van der Waals surface area contributed by atoms with Gasteiger partial charge in [0.25, 0.3) is 0 Å². The summed E-state index contributed by atoms with van der Waals surface area (Å²) in [5, 5.41) is 0. The molecule has 0 unspecified atom stereocenters. The van der Waals surface area contributed by atoms with Crippen molar-refractivity contribution >= 4 is 38.6 Å². The predicted molar refractivity (Wildman–Crippen MR) is 24.3 cm³/mol. The van der Waals surface area contributed by atoms with Crippen molar-refractivity contribution in [2.45, 2.75) is 0 Å². The van der Waals surface area contributed by atoms with Gasteiger partial charge in [-0.05, 0) is 0 Å². The molecule has 8 heteroatoms. The van der Waals surface area contributed by atoms with Crippen LogP contribution in [0.5, 0.6) is 0 Å². The molecular weight excluding hydrogens is 223 g/mol. The Hall–Kier alpha value is 2.09. The number of hydrogen-bond acceptors (Lipinski definition) is 4. The van der Waals surface area contributed by atoms with Crippen molar-refractivity contribution in [3.63, 3.8) is 0 Å². The van der Waals surface area contributed by atoms with Gasteiger partial charge in [0.05, 0.1) is 0 Å². The number of halogens is 1. The van der Waals surface area contributed by atoms with Crippen molar-refractivity contribution < 1.29 is 56.6 Å². The van der Waals surface area contributed by atoms with Crippen molar-refractivity contribution in [1.82, 2.24) is 0 Å². The third-order valence-corrected chi connectivity index (χ3v) is 0. The SMILES string of the molecule is F.O[Si](O)(O)O.[NaH].[Y]. The zero-order chi connectivity index (χ0) is 4.50. The van der Waals surface area contributed by atoms with E-state index >= 15 is 0 Å². The second-order valence-corrected chi connectivity index (χ2v) is 1.80. The quantitative estimate of drug-likeness (QED) is 0.331. The van der Waals surface area contributed by atoms with E-state index in [0.29, 0.717) is 0 Å². The fraction of sp³-hybridized carbons (Fsp3) is 0. The molecule has 0 spiro atoms. The monoisotopic (exact) mass is 229 g/mol. The summed E-state index contributed by atoms with van der Waals surface area (Å²) >= 11 is 0. The first-order valence-electron chi connectivity index (χ1n) is 0.894. The van der Waals surface area contributed by atoms with Crippen molar-refractivity contribution in [2.24, 2.45) is 0 Å². The molecule has 0 saturated heterocycles. The molecule has 0 saturated carbocycles. The van der Waals surface area contributed by atoms with Crippen LogP contribution >= 0.6 is 0 Å². The van der Waals surface area contributed by atoms with Gasteiger partial charge in [0.1, 0.15) is 0 Å². The van der Waals surface area contributed by atoms with Crippen LogP contribution in [0.25, 0.3) is 0 Å². The van der Waals surface area contributed by atoms with E-state index in [9.17, 15) is 0 Å². The van der Waals surface area contributed by atoms with E-state index < -0.39 is 9.05 Å². The van der Waals surface area contributed by atoms with Crippen LogP contribution in [0.4, 0.5) is 4.70 Å². The van der Waals surface area contributed by atoms with E-state index in [2.05, 4.69) is 0 Å². The van der Waals surface area contributed by atoms with Gasteiger partial charge in [0.15, 0.2) is 0 Å². The molecule has 0 amide bonds. The first-order chi connectivity index (χ1) is 2.00. The molecule has 4 nitrogen and oxygen atoms in total. The van der Waals surface area contributed by atoms with Crippen molar-refractivity contribution in [2.75, 3.05) is 0 Å². The Balaban J connectivity index is -0.0000000267. The smallest absolute Gasteiger partial charge is 0 e. The molecule has 4 N–H and O–H groups in total. The number of rotatable bonds is 0. The molecule has 0 aliphatic heterocycles. The van der Waals surface area contributed by atoms with E-state index in [0.717, 1.165) is 0 Å². The van der Waals surface area contributed by atoms with E-state index in [-0.39, 0.29) is 67.0 Å². The van der Waals surface area contributed by atoms with Gasteiger partial charge in [-0.3, -0.25) is 4.70 Å². The van der Waals surface area contributed by atoms with Gasteiger partial charge >= 0.3 is 38.6 Å². The molecule has 1 radical (unpaired) electrons. The fourth-order valence-corrected chi connectivity index (χ4v) is 0. The van der Waals surface area contributed by atoms with Crippen LogP contribution in [0, 0.1) is 0 Å². The predicted octanol–water partition coefficient (Wildman–Crippen LogP) is -3.11. The summed E-state index contributed by atoms with van der Waals surface area (Å²) in [5.41, 5.74) is 0. The molecule has 0 atom stereocenters. The van der Waals surface area contributed by atoms with Crippen molar-refractivity contribution in [1.29, 1.82) is 0 Å². The van der Waals surface area contributed by atoms with Crippen molar-refractivity contribution in [3.8, 4) is 0 Å². The average molecular weight is 229 g/mol. The zero-order valence-electron chi connectivity index (χ0n) is 3.27. The van der Waals surface area contributed by atoms with E-state index in [4.69, 9.17) is 19.2 Å². The summed E-state index contributed by atoms with van der Waals surface area (Å²) in [5.74, 6) is 0. The second kappa shape index (κ2) is 9.09. The summed E-state index contributed by atoms with van der Waals surface area (Å²) in [7, 11) is -4.61. The normalized spacial score (nSPS) is 7.50. The molecule has 0 aliphatic rings. The third kappa shape index (κ3) is 93.1. The topological polar surface area (TPSA) is 80.9 Å². The van der Waals surface area contributed by atoms with Gasteiger partial charge in [-0.15, -0.1) is 0 Å². The molecule has 0 aromatic heterocycles. The summed E-state index contributed by atoms with van der Waals surface area (Å²) in [6.45, 7) is 0. The molecule has 45 valence electrons. The van der Waals surface area contributed by atoms with Crippen LogP contribution in [0.15, 0.2) is 0 Å². The molecule has 0 aromatic rings. The fourth-order valence-electron chi connectivity index (χ4n) is 0. The molecule has 0 heterocycles. The Morgan fingerprint density at radius 2 is 0.875 bits per heavy atom. The van der Waals surface area contributed by atoms with E-state index in [1.807, 2.05) is 0 Å². The molecule has 0 aromatic carbocycles. The first kappa shape index (κ1) is 22.5. The summed E-state index contributed by atoms with van der Waals surface area (Å²) in [6.07, 6.45) is 0. The summed E-state index contributed by atoms with van der Waals surface area (Å²) in [4.78, 5) is 29.3. The summed E-state index contributed by atoms with van der Waals surface area (Å²) < 4.78 is 0. The Morgan fingerprint density at radius 1 is 0.875 bits per heavy atom. The van der Waals surface area contributed by atoms with Crippen LogP contribution in [0.2, 0.25) is 0 Å². The minimum Gasteiger partial charge on any atom is 0 e. The Morgan fingerprint density at radius 3 is 0.875 bits per heavy atom. The molecule has 8 heavy (non-hydrogen) atoms. The van der Waals surface area contributed by atoms with Gasteiger partial charge in [-0.1, -0.05) is 0 Å². The zero-order valence-corrected chi connectivity index (χ0v) is 7.11. The maximum absolute atomic E-state index is 7.33. The van der Waals surface area contributed by atoms with Gasteiger partial charge < -0.3 is 19.2 Å². The molecule has 0 fully saturated rings. The Kier molecular flexibility index (Phi) is 25.5. The van der Waals surface area contributed by atoms with Crippen LogP contribution in [0.1, 0.15) is 0 Å². The first-order valence-corrected chi connectivity index (χ1v) is 2.68. The average Bonchev–Trinajstić information content (AvgIpc) is 0.722. The van der Waals surface area contributed by atoms with Crippen LogP contribution in [0.3, 0.4) is 0 Å². The standard InChI is InChI=1S/FH.Na.H4O4Si.Y.H/c;;1-5(2,3)4;;/h1H;;1-4H;;. The third-order valence-electron chi connectivity index (χ3n) is 0. The van der Waals surface area contributed by atoms with E-state index in [1.165, 1.54) is 0 Å². The van der Waals surface area contributed by atoms with E-state index in [1.54, 1.807) is 0 Å². The van der Waals surface area contributed by atoms with Crippen LogP contribution < -0.4 is 0 Å². The summed E-state index contributed by atoms with van der Waals surface area (Å²) in [6, 6.07) is 0. The maximum atomic E-state index is 7.33. The van der Waals surface area contributed by atoms with Gasteiger partial charge in [0.2, 0.25) is 0 Å². The largest absolute Gasteiger partial charge is 0 e. The van der Waals surface area contributed by atoms with Crippen LogP contribution in [-0.4, -0.2) is 57.8 Å². The Labute approximate surface area is 94.0 Å². The molecule has 0 aliphatic carbocycles. The maximum Gasteiger partial charge on any atom is 0 e. The second-order valence-electron chi connectivity index (χ2n) is 0.600. The Bertz CT molecular complexity index is 31.5. The molecule has 0 rings (SSSR count). The van der Waals surface area contributed by atoms with Crippen LogP contribution in [-0.2, 0) is 32.7 Å². The van der Waals surface area contributed by atoms with Gasteiger partial charge in [0, 0.05) is 32.7 Å². The van der Waals surface area contributed by atoms with Gasteiger partial charge in [-0.2, -0.15) is 0 Å². The molecule has 0 bridgehead atoms. The molecular formula is H6FNaO4SiY. The van der Waals surface area contributed by atoms with Crippen molar-refractivity contribution in [3.05, 3.63) is 0 Å². The minimum atomic E-state index is -4.61. The number of hydrogen-bond donors (Lipinski definition) is 4.